The summed E-state index contributed by atoms with van der Waals surface area (Å²) in [5.41, 5.74) is -0.350. The van der Waals surface area contributed by atoms with E-state index in [4.69, 9.17) is 0 Å². The molecule has 0 saturated heterocycles. The van der Waals surface area contributed by atoms with Crippen LogP contribution in [0.1, 0.15) is 53.4 Å². The van der Waals surface area contributed by atoms with E-state index < -0.39 is 0 Å². The number of aliphatic hydroxyl groups excluding tert-OH is 1. The van der Waals surface area contributed by atoms with E-state index in [0.717, 1.165) is 38.8 Å². The molecule has 0 saturated carbocycles. The van der Waals surface area contributed by atoms with Crippen molar-refractivity contribution in [1.29, 1.82) is 0 Å². The molecule has 0 bridgehead atoms. The molecule has 0 aliphatic rings. The molecule has 19 heavy (non-hydrogen) atoms. The van der Waals surface area contributed by atoms with Gasteiger partial charge in [-0.15, -0.1) is 0 Å². The normalized spacial score (nSPS) is 11.9. The third kappa shape index (κ3) is 6.92. The van der Waals surface area contributed by atoms with Gasteiger partial charge in [-0.25, -0.2) is 0 Å². The van der Waals surface area contributed by atoms with E-state index in [1.807, 2.05) is 30.7 Å². The quantitative estimate of drug-likeness (QED) is 0.662. The van der Waals surface area contributed by atoms with Crippen LogP contribution < -0.4 is 0 Å². The molecule has 0 radical (unpaired) electrons. The van der Waals surface area contributed by atoms with Crippen molar-refractivity contribution in [3.63, 3.8) is 0 Å². The molecule has 0 aromatic rings. The topological polar surface area (TPSA) is 43.8 Å². The zero-order valence-corrected chi connectivity index (χ0v) is 13.4. The lowest BCUT2D eigenvalue weighted by Crippen LogP contribution is -2.49. The summed E-state index contributed by atoms with van der Waals surface area (Å²) in [5.74, 6) is 0.172. The summed E-state index contributed by atoms with van der Waals surface area (Å²) in [6, 6.07) is 0. The van der Waals surface area contributed by atoms with Gasteiger partial charge < -0.3 is 10.0 Å². The van der Waals surface area contributed by atoms with Gasteiger partial charge in [-0.1, -0.05) is 26.7 Å². The largest absolute Gasteiger partial charge is 0.394 e. The SMILES string of the molecule is CCCCN(CCCC)C(=O)CN(C)C(C)(C)CO. The van der Waals surface area contributed by atoms with Gasteiger partial charge in [0.25, 0.3) is 0 Å². The minimum atomic E-state index is -0.350. The lowest BCUT2D eigenvalue weighted by atomic mass is 10.1. The first-order chi connectivity index (χ1) is 8.88. The zero-order chi connectivity index (χ0) is 14.9. The monoisotopic (exact) mass is 272 g/mol. The number of carbonyl (C=O) groups excluding carboxylic acids is 1. The van der Waals surface area contributed by atoms with Gasteiger partial charge in [0.05, 0.1) is 13.2 Å². The van der Waals surface area contributed by atoms with Crippen LogP contribution >= 0.6 is 0 Å². The molecule has 0 spiro atoms. The maximum Gasteiger partial charge on any atom is 0.236 e. The summed E-state index contributed by atoms with van der Waals surface area (Å²) in [6.07, 6.45) is 4.33. The number of hydrogen-bond donors (Lipinski definition) is 1. The summed E-state index contributed by atoms with van der Waals surface area (Å²) in [7, 11) is 1.89. The number of nitrogens with zero attached hydrogens (tertiary/aromatic N) is 2. The maximum atomic E-state index is 12.3. The highest BCUT2D eigenvalue weighted by molar-refractivity contribution is 5.78. The number of aliphatic hydroxyl groups is 1. The van der Waals surface area contributed by atoms with Gasteiger partial charge in [0.2, 0.25) is 5.91 Å². The third-order valence-electron chi connectivity index (χ3n) is 3.71. The van der Waals surface area contributed by atoms with Crippen molar-refractivity contribution in [3.05, 3.63) is 0 Å². The Balaban J connectivity index is 4.44. The molecule has 4 heteroatoms. The van der Waals surface area contributed by atoms with Crippen molar-refractivity contribution >= 4 is 5.91 Å². The lowest BCUT2D eigenvalue weighted by Gasteiger charge is -2.35. The Morgan fingerprint density at radius 2 is 1.58 bits per heavy atom. The zero-order valence-electron chi connectivity index (χ0n) is 13.4. The summed E-state index contributed by atoms with van der Waals surface area (Å²) in [5, 5.41) is 9.33. The molecule has 4 nitrogen and oxygen atoms in total. The van der Waals surface area contributed by atoms with E-state index in [-0.39, 0.29) is 18.1 Å². The van der Waals surface area contributed by atoms with Crippen molar-refractivity contribution < 1.29 is 9.90 Å². The van der Waals surface area contributed by atoms with Gasteiger partial charge >= 0.3 is 0 Å². The number of amides is 1. The van der Waals surface area contributed by atoms with Crippen molar-refractivity contribution in [2.75, 3.05) is 33.3 Å². The van der Waals surface area contributed by atoms with Gasteiger partial charge in [-0.05, 0) is 33.7 Å². The summed E-state index contributed by atoms with van der Waals surface area (Å²) in [6.45, 7) is 10.3. The molecule has 0 fully saturated rings. The lowest BCUT2D eigenvalue weighted by molar-refractivity contribution is -0.133. The Bertz CT molecular complexity index is 247. The Morgan fingerprint density at radius 3 is 1.95 bits per heavy atom. The van der Waals surface area contributed by atoms with Crippen LogP contribution in [0.2, 0.25) is 0 Å². The van der Waals surface area contributed by atoms with E-state index >= 15 is 0 Å². The highest BCUT2D eigenvalue weighted by Crippen LogP contribution is 2.11. The molecule has 0 aliphatic carbocycles. The van der Waals surface area contributed by atoms with Gasteiger partial charge in [-0.2, -0.15) is 0 Å². The fourth-order valence-corrected chi connectivity index (χ4v) is 1.70. The number of unbranched alkanes of at least 4 members (excludes halogenated alkanes) is 2. The van der Waals surface area contributed by atoms with Gasteiger partial charge in [-0.3, -0.25) is 9.69 Å². The molecule has 0 heterocycles. The van der Waals surface area contributed by atoms with Gasteiger partial charge in [0.15, 0.2) is 0 Å². The Morgan fingerprint density at radius 1 is 1.11 bits per heavy atom. The molecule has 1 amide bonds. The van der Waals surface area contributed by atoms with E-state index in [2.05, 4.69) is 13.8 Å². The molecule has 114 valence electrons. The number of hydrogen-bond acceptors (Lipinski definition) is 3. The second-order valence-electron chi connectivity index (χ2n) is 5.91. The number of likely N-dealkylation sites (N-methyl/N-ethyl adjacent to an activating group) is 1. The molecule has 0 unspecified atom stereocenters. The maximum absolute atomic E-state index is 12.3. The molecule has 1 N–H and O–H groups in total. The molecular weight excluding hydrogens is 240 g/mol. The summed E-state index contributed by atoms with van der Waals surface area (Å²) < 4.78 is 0. The predicted molar refractivity (Wildman–Crippen MR) is 80.2 cm³/mol. The molecule has 0 aliphatic heterocycles. The number of carbonyl (C=O) groups is 1. The molecule has 0 atom stereocenters. The fourth-order valence-electron chi connectivity index (χ4n) is 1.70. The van der Waals surface area contributed by atoms with E-state index in [9.17, 15) is 9.90 Å². The van der Waals surface area contributed by atoms with Crippen LogP contribution in [0.5, 0.6) is 0 Å². The summed E-state index contributed by atoms with van der Waals surface area (Å²) in [4.78, 5) is 16.2. The van der Waals surface area contributed by atoms with Crippen LogP contribution in [0.3, 0.4) is 0 Å². The number of rotatable bonds is 10. The van der Waals surface area contributed by atoms with Gasteiger partial charge in [0.1, 0.15) is 0 Å². The predicted octanol–water partition coefficient (Wildman–Crippen LogP) is 2.12. The van der Waals surface area contributed by atoms with Crippen molar-refractivity contribution in [1.82, 2.24) is 9.80 Å². The van der Waals surface area contributed by atoms with Crippen LogP contribution in [-0.4, -0.2) is 59.6 Å². The Kier molecular flexibility index (Phi) is 9.02. The van der Waals surface area contributed by atoms with Crippen LogP contribution in [0, 0.1) is 0 Å². The smallest absolute Gasteiger partial charge is 0.236 e. The van der Waals surface area contributed by atoms with E-state index in [1.165, 1.54) is 0 Å². The first-order valence-corrected chi connectivity index (χ1v) is 7.48. The molecule has 0 aromatic heterocycles. The minimum absolute atomic E-state index is 0.0562. The first-order valence-electron chi connectivity index (χ1n) is 7.48. The standard InChI is InChI=1S/C15H32N2O2/c1-6-8-10-17(11-9-7-2)14(19)12-16(5)15(3,4)13-18/h18H,6-13H2,1-5H3. The second kappa shape index (κ2) is 9.32. The average molecular weight is 272 g/mol. The van der Waals surface area contributed by atoms with Crippen molar-refractivity contribution in [2.24, 2.45) is 0 Å². The second-order valence-corrected chi connectivity index (χ2v) is 5.91. The third-order valence-corrected chi connectivity index (χ3v) is 3.71. The van der Waals surface area contributed by atoms with Gasteiger partial charge in [0, 0.05) is 18.6 Å². The Labute approximate surface area is 118 Å². The average Bonchev–Trinajstić information content (AvgIpc) is 2.38. The van der Waals surface area contributed by atoms with E-state index in [1.54, 1.807) is 0 Å². The van der Waals surface area contributed by atoms with E-state index in [0.29, 0.717) is 6.54 Å². The highest BCUT2D eigenvalue weighted by atomic mass is 16.3. The van der Waals surface area contributed by atoms with Crippen molar-refractivity contribution in [3.8, 4) is 0 Å². The van der Waals surface area contributed by atoms with Crippen molar-refractivity contribution in [2.45, 2.75) is 58.9 Å². The van der Waals surface area contributed by atoms with Crippen LogP contribution in [-0.2, 0) is 4.79 Å². The molecular formula is C15H32N2O2. The van der Waals surface area contributed by atoms with Crippen LogP contribution in [0.4, 0.5) is 0 Å². The first kappa shape index (κ1) is 18.4. The molecule has 0 aromatic carbocycles. The highest BCUT2D eigenvalue weighted by Gasteiger charge is 2.25. The Hall–Kier alpha value is -0.610. The van der Waals surface area contributed by atoms with Crippen LogP contribution in [0.15, 0.2) is 0 Å². The van der Waals surface area contributed by atoms with Crippen LogP contribution in [0.25, 0.3) is 0 Å². The fraction of sp³-hybridized carbons (Fsp3) is 0.933. The molecule has 0 rings (SSSR count). The minimum Gasteiger partial charge on any atom is -0.394 e. The summed E-state index contributed by atoms with van der Waals surface area (Å²) >= 11 is 0.